The highest BCUT2D eigenvalue weighted by atomic mass is 19.1. The van der Waals surface area contributed by atoms with Gasteiger partial charge in [-0.25, -0.2) is 4.39 Å². The van der Waals surface area contributed by atoms with E-state index in [2.05, 4.69) is 0 Å². The van der Waals surface area contributed by atoms with E-state index >= 15 is 0 Å². The SMILES string of the molecule is CC(C)CCO[C@@H]1CN(C(=O)c2ccccc2F)CCN(C(=O)C[C@H](N)C(=O)O)CCCCOC[C@@H](O)[C@H]1O. The number of halogens is 1. The lowest BCUT2D eigenvalue weighted by atomic mass is 10.1. The van der Waals surface area contributed by atoms with E-state index in [1.54, 1.807) is 0 Å². The first-order chi connectivity index (χ1) is 18.5. The van der Waals surface area contributed by atoms with Crippen LogP contribution >= 0.6 is 0 Å². The molecule has 0 radical (unpaired) electrons. The van der Waals surface area contributed by atoms with Crippen LogP contribution in [-0.2, 0) is 19.1 Å². The standard InChI is InChI=1S/C27H42FN3O8/c1-18(2)9-14-39-23-16-31(26(35)19-7-3-4-8-20(19)28)12-11-30(24(33)15-21(29)27(36)37)10-5-6-13-38-17-22(32)25(23)34/h3-4,7-8,18,21-23,25,32,34H,5-6,9-17,29H2,1-2H3,(H,36,37)/t21-,22+,23+,25+/m0/s1. The summed E-state index contributed by atoms with van der Waals surface area (Å²) in [5.41, 5.74) is 5.38. The van der Waals surface area contributed by atoms with Gasteiger partial charge in [0.2, 0.25) is 5.91 Å². The van der Waals surface area contributed by atoms with E-state index in [9.17, 15) is 29.0 Å². The molecule has 4 atom stereocenters. The fourth-order valence-corrected chi connectivity index (χ4v) is 4.08. The van der Waals surface area contributed by atoms with Crippen LogP contribution in [0.4, 0.5) is 4.39 Å². The minimum Gasteiger partial charge on any atom is -0.480 e. The number of amides is 2. The van der Waals surface area contributed by atoms with E-state index in [1.165, 1.54) is 28.0 Å². The van der Waals surface area contributed by atoms with Gasteiger partial charge in [-0.3, -0.25) is 14.4 Å². The maximum absolute atomic E-state index is 14.6. The normalized spacial score (nSPS) is 22.8. The van der Waals surface area contributed by atoms with Gasteiger partial charge in [-0.05, 0) is 37.3 Å². The highest BCUT2D eigenvalue weighted by Crippen LogP contribution is 2.16. The molecule has 1 heterocycles. The van der Waals surface area contributed by atoms with Gasteiger partial charge in [0.25, 0.3) is 5.91 Å². The lowest BCUT2D eigenvalue weighted by Gasteiger charge is -2.34. The van der Waals surface area contributed by atoms with Crippen LogP contribution in [0.2, 0.25) is 0 Å². The van der Waals surface area contributed by atoms with Crippen molar-refractivity contribution in [1.29, 1.82) is 0 Å². The van der Waals surface area contributed by atoms with Gasteiger partial charge in [-0.2, -0.15) is 0 Å². The van der Waals surface area contributed by atoms with Crippen molar-refractivity contribution in [2.45, 2.75) is 63.9 Å². The van der Waals surface area contributed by atoms with Crippen LogP contribution in [0.5, 0.6) is 0 Å². The molecule has 2 rings (SSSR count). The highest BCUT2D eigenvalue weighted by Gasteiger charge is 2.32. The van der Waals surface area contributed by atoms with Crippen LogP contribution in [0.25, 0.3) is 0 Å². The summed E-state index contributed by atoms with van der Waals surface area (Å²) >= 11 is 0. The summed E-state index contributed by atoms with van der Waals surface area (Å²) in [6, 6.07) is 4.11. The Morgan fingerprint density at radius 2 is 1.82 bits per heavy atom. The molecule has 0 unspecified atom stereocenters. The molecule has 1 aliphatic rings. The minimum absolute atomic E-state index is 0.0174. The maximum atomic E-state index is 14.6. The Labute approximate surface area is 228 Å². The van der Waals surface area contributed by atoms with E-state index < -0.39 is 54.4 Å². The van der Waals surface area contributed by atoms with Crippen molar-refractivity contribution in [3.05, 3.63) is 35.6 Å². The molecule has 1 aromatic rings. The molecule has 1 aromatic carbocycles. The number of aliphatic hydroxyl groups is 2. The van der Waals surface area contributed by atoms with Crippen molar-refractivity contribution < 1.29 is 43.6 Å². The Morgan fingerprint density at radius 3 is 2.49 bits per heavy atom. The zero-order chi connectivity index (χ0) is 28.9. The zero-order valence-corrected chi connectivity index (χ0v) is 22.7. The van der Waals surface area contributed by atoms with Crippen LogP contribution in [-0.4, -0.2) is 113 Å². The van der Waals surface area contributed by atoms with Gasteiger partial charge in [-0.15, -0.1) is 0 Å². The molecule has 1 saturated heterocycles. The molecule has 11 nitrogen and oxygen atoms in total. The van der Waals surface area contributed by atoms with Gasteiger partial charge < -0.3 is 40.3 Å². The number of benzene rings is 1. The van der Waals surface area contributed by atoms with Gasteiger partial charge in [-0.1, -0.05) is 26.0 Å². The topological polar surface area (TPSA) is 163 Å². The van der Waals surface area contributed by atoms with Crippen molar-refractivity contribution in [3.8, 4) is 0 Å². The first-order valence-electron chi connectivity index (χ1n) is 13.4. The molecule has 0 bridgehead atoms. The van der Waals surface area contributed by atoms with Crippen LogP contribution in [0.15, 0.2) is 24.3 Å². The second kappa shape index (κ2) is 16.5. The number of carboxylic acids is 1. The summed E-state index contributed by atoms with van der Waals surface area (Å²) in [5.74, 6) is -2.89. The third kappa shape index (κ3) is 10.8. The van der Waals surface area contributed by atoms with Crippen molar-refractivity contribution in [1.82, 2.24) is 9.80 Å². The predicted octanol–water partition coefficient (Wildman–Crippen LogP) is 0.862. The number of nitrogens with zero attached hydrogens (tertiary/aromatic N) is 2. The van der Waals surface area contributed by atoms with Crippen molar-refractivity contribution in [2.75, 3.05) is 46.0 Å². The van der Waals surface area contributed by atoms with Gasteiger partial charge in [0, 0.05) is 39.4 Å². The molecule has 5 N–H and O–H groups in total. The van der Waals surface area contributed by atoms with E-state index in [0.29, 0.717) is 25.2 Å². The van der Waals surface area contributed by atoms with Crippen LogP contribution in [0.3, 0.4) is 0 Å². The number of ether oxygens (including phenoxy) is 2. The smallest absolute Gasteiger partial charge is 0.321 e. The van der Waals surface area contributed by atoms with E-state index in [4.69, 9.17) is 20.3 Å². The molecular formula is C27H42FN3O8. The molecule has 220 valence electrons. The molecule has 0 aromatic heterocycles. The Balaban J connectivity index is 2.36. The fourth-order valence-electron chi connectivity index (χ4n) is 4.08. The molecule has 1 fully saturated rings. The second-order valence-corrected chi connectivity index (χ2v) is 10.2. The molecule has 2 amide bonds. The van der Waals surface area contributed by atoms with Crippen LogP contribution < -0.4 is 5.73 Å². The third-order valence-corrected chi connectivity index (χ3v) is 6.55. The summed E-state index contributed by atoms with van der Waals surface area (Å²) in [4.78, 5) is 40.3. The summed E-state index contributed by atoms with van der Waals surface area (Å²) < 4.78 is 26.0. The number of aliphatic carboxylic acids is 1. The number of aliphatic hydroxyl groups excluding tert-OH is 2. The van der Waals surface area contributed by atoms with Gasteiger partial charge in [0.15, 0.2) is 0 Å². The molecule has 1 aliphatic heterocycles. The Morgan fingerprint density at radius 1 is 1.13 bits per heavy atom. The summed E-state index contributed by atoms with van der Waals surface area (Å²) in [6.45, 7) is 4.41. The minimum atomic E-state index is -1.40. The number of nitrogens with two attached hydrogens (primary N) is 1. The number of rotatable bonds is 8. The lowest BCUT2D eigenvalue weighted by molar-refractivity contribution is -0.142. The Hall–Kier alpha value is -2.64. The second-order valence-electron chi connectivity index (χ2n) is 10.2. The van der Waals surface area contributed by atoms with Gasteiger partial charge in [0.1, 0.15) is 30.2 Å². The molecule has 0 spiro atoms. The molecule has 39 heavy (non-hydrogen) atoms. The van der Waals surface area contributed by atoms with E-state index in [0.717, 1.165) is 6.07 Å². The number of hydrogen-bond donors (Lipinski definition) is 4. The number of carbonyl (C=O) groups is 3. The highest BCUT2D eigenvalue weighted by molar-refractivity contribution is 5.94. The van der Waals surface area contributed by atoms with Gasteiger partial charge >= 0.3 is 5.97 Å². The third-order valence-electron chi connectivity index (χ3n) is 6.55. The van der Waals surface area contributed by atoms with E-state index in [1.807, 2.05) is 13.8 Å². The largest absolute Gasteiger partial charge is 0.480 e. The molecule has 12 heteroatoms. The molecular weight excluding hydrogens is 513 g/mol. The maximum Gasteiger partial charge on any atom is 0.321 e. The van der Waals surface area contributed by atoms with E-state index in [-0.39, 0.29) is 51.6 Å². The van der Waals surface area contributed by atoms with Crippen molar-refractivity contribution >= 4 is 17.8 Å². The molecule has 0 aliphatic carbocycles. The fraction of sp³-hybridized carbons (Fsp3) is 0.667. The quantitative estimate of drug-likeness (QED) is 0.364. The first-order valence-corrected chi connectivity index (χ1v) is 13.4. The van der Waals surface area contributed by atoms with Crippen molar-refractivity contribution in [3.63, 3.8) is 0 Å². The Kier molecular flexibility index (Phi) is 13.7. The number of hydrogen-bond acceptors (Lipinski definition) is 8. The predicted molar refractivity (Wildman–Crippen MR) is 140 cm³/mol. The summed E-state index contributed by atoms with van der Waals surface area (Å²) in [7, 11) is 0. The average Bonchev–Trinajstić information content (AvgIpc) is 2.88. The average molecular weight is 556 g/mol. The zero-order valence-electron chi connectivity index (χ0n) is 22.7. The van der Waals surface area contributed by atoms with Crippen LogP contribution in [0.1, 0.15) is 49.9 Å². The lowest BCUT2D eigenvalue weighted by Crippen LogP contribution is -2.51. The summed E-state index contributed by atoms with van der Waals surface area (Å²) in [6.07, 6.45) is -2.41. The van der Waals surface area contributed by atoms with Crippen molar-refractivity contribution in [2.24, 2.45) is 11.7 Å². The Bertz CT molecular complexity index is 934. The van der Waals surface area contributed by atoms with Gasteiger partial charge in [0.05, 0.1) is 18.6 Å². The number of carbonyl (C=O) groups excluding carboxylic acids is 2. The number of carboxylic acid groups (broad SMARTS) is 1. The molecule has 0 saturated carbocycles. The van der Waals surface area contributed by atoms with Crippen LogP contribution in [0, 0.1) is 11.7 Å². The summed E-state index contributed by atoms with van der Waals surface area (Å²) in [5, 5.41) is 30.6. The first kappa shape index (κ1) is 32.6. The monoisotopic (exact) mass is 555 g/mol.